The number of ether oxygens (including phenoxy) is 3. The van der Waals surface area contributed by atoms with E-state index in [1.807, 2.05) is 4.90 Å². The Morgan fingerprint density at radius 1 is 1.02 bits per heavy atom. The van der Waals surface area contributed by atoms with Crippen molar-refractivity contribution >= 4 is 34.3 Å². The third-order valence-electron chi connectivity index (χ3n) is 15.3. The highest BCUT2D eigenvalue weighted by Crippen LogP contribution is 2.68. The second-order valence-electron chi connectivity index (χ2n) is 18.0. The number of carbonyl (C=O) groups is 2. The smallest absolute Gasteiger partial charge is 0.305 e. The van der Waals surface area contributed by atoms with Crippen molar-refractivity contribution in [2.45, 2.75) is 116 Å². The van der Waals surface area contributed by atoms with Crippen LogP contribution in [0, 0.1) is 56.5 Å². The standard InChI is InChI=1S/C41H60N8O8/c1-26(6-13-36(50)56-24-23-55-22-21-54-20-18-43-47-42)30-9-10-31-29-8-7-27-25-28(14-16-40(27,2)32(29)15-17-41(30,31)3)44-39(51)35-5-4-19-48(35)33-11-12-34(49(52)53)38-37(33)45-57-46-38/h11-12,26-32,35H,4-10,13-25H2,1-3H3,(H,44,51)/t26?,27-,28-,29?,30?,31?,32?,35?,40+,41-/m1/s1. The SMILES string of the molecule is CC(CCC(=O)OCCOCCOCCN=[N+]=[N-])C1CCC2C3CC[C@@H]4C[C@H](NC(=O)C5CCCN5c5ccc([N+](=O)[O-])c6nonc56)CC[C@]4(C)C3CC[C@]12C. The van der Waals surface area contributed by atoms with Gasteiger partial charge in [-0.1, -0.05) is 25.9 Å². The van der Waals surface area contributed by atoms with Crippen molar-refractivity contribution < 1.29 is 33.4 Å². The first-order valence-electron chi connectivity index (χ1n) is 21.3. The molecule has 1 saturated heterocycles. The molecule has 1 amide bonds. The molecule has 6 unspecified atom stereocenters. The summed E-state index contributed by atoms with van der Waals surface area (Å²) in [6.45, 7) is 10.2. The maximum Gasteiger partial charge on any atom is 0.305 e. The second kappa shape index (κ2) is 17.9. The van der Waals surface area contributed by atoms with Crippen molar-refractivity contribution in [2.75, 3.05) is 51.0 Å². The number of esters is 1. The molecule has 7 rings (SSSR count). The van der Waals surface area contributed by atoms with Crippen molar-refractivity contribution in [3.05, 3.63) is 32.7 Å². The largest absolute Gasteiger partial charge is 0.463 e. The molecule has 0 spiro atoms. The summed E-state index contributed by atoms with van der Waals surface area (Å²) in [5, 5.41) is 26.2. The number of aromatic nitrogens is 2. The summed E-state index contributed by atoms with van der Waals surface area (Å²) in [7, 11) is 0. The highest BCUT2D eigenvalue weighted by atomic mass is 16.6. The Hall–Kier alpha value is -4.01. The van der Waals surface area contributed by atoms with Gasteiger partial charge in [0.25, 0.3) is 0 Å². The molecule has 16 heteroatoms. The minimum atomic E-state index is -0.490. The van der Waals surface area contributed by atoms with Gasteiger partial charge >= 0.3 is 11.7 Å². The molecule has 4 aliphatic carbocycles. The van der Waals surface area contributed by atoms with Gasteiger partial charge in [-0.15, -0.1) is 0 Å². The Morgan fingerprint density at radius 3 is 2.58 bits per heavy atom. The van der Waals surface area contributed by atoms with Gasteiger partial charge in [0.1, 0.15) is 12.6 Å². The maximum absolute atomic E-state index is 13.9. The number of benzene rings is 1. The number of hydrogen-bond acceptors (Lipinski definition) is 12. The predicted molar refractivity (Wildman–Crippen MR) is 211 cm³/mol. The Balaban J connectivity index is 0.875. The molecule has 0 bridgehead atoms. The van der Waals surface area contributed by atoms with E-state index in [4.69, 9.17) is 24.4 Å². The Morgan fingerprint density at radius 2 is 1.77 bits per heavy atom. The van der Waals surface area contributed by atoms with Crippen molar-refractivity contribution in [2.24, 2.45) is 51.5 Å². The first-order chi connectivity index (χ1) is 27.5. The third-order valence-corrected chi connectivity index (χ3v) is 15.3. The predicted octanol–water partition coefficient (Wildman–Crippen LogP) is 7.55. The molecule has 312 valence electrons. The molecule has 5 fully saturated rings. The van der Waals surface area contributed by atoms with Gasteiger partial charge in [-0.3, -0.25) is 19.7 Å². The van der Waals surface area contributed by atoms with Crippen LogP contribution in [0.5, 0.6) is 0 Å². The highest BCUT2D eigenvalue weighted by Gasteiger charge is 2.60. The summed E-state index contributed by atoms with van der Waals surface area (Å²) >= 11 is 0. The normalized spacial score (nSPS) is 32.5. The van der Waals surface area contributed by atoms with E-state index in [0.29, 0.717) is 92.6 Å². The zero-order chi connectivity index (χ0) is 40.2. The van der Waals surface area contributed by atoms with Gasteiger partial charge in [0.05, 0.1) is 37.0 Å². The second-order valence-corrected chi connectivity index (χ2v) is 18.0. The number of nitrogens with zero attached hydrogens (tertiary/aromatic N) is 7. The van der Waals surface area contributed by atoms with E-state index in [1.54, 1.807) is 6.07 Å². The molecule has 10 atom stereocenters. The molecule has 1 aromatic heterocycles. The molecular weight excluding hydrogens is 732 g/mol. The number of nitro benzene ring substituents is 1. The van der Waals surface area contributed by atoms with Gasteiger partial charge in [-0.05, 0) is 145 Å². The number of nitrogens with one attached hydrogen (secondary N) is 1. The summed E-state index contributed by atoms with van der Waals surface area (Å²) in [4.78, 5) is 42.3. The number of azide groups is 1. The Bertz CT molecular complexity index is 1800. The van der Waals surface area contributed by atoms with E-state index in [2.05, 4.69) is 46.4 Å². The highest BCUT2D eigenvalue weighted by molar-refractivity contribution is 5.96. The molecular formula is C41H60N8O8. The fourth-order valence-electron chi connectivity index (χ4n) is 12.5. The van der Waals surface area contributed by atoms with Crippen LogP contribution in [0.25, 0.3) is 21.5 Å². The summed E-state index contributed by atoms with van der Waals surface area (Å²) in [5.41, 5.74) is 9.79. The maximum atomic E-state index is 13.9. The fourth-order valence-corrected chi connectivity index (χ4v) is 12.5. The van der Waals surface area contributed by atoms with E-state index in [9.17, 15) is 19.7 Å². The number of anilines is 1. The van der Waals surface area contributed by atoms with Crippen molar-refractivity contribution in [1.29, 1.82) is 0 Å². The molecule has 5 aliphatic rings. The van der Waals surface area contributed by atoms with Gasteiger partial charge in [0.2, 0.25) is 11.4 Å². The molecule has 0 radical (unpaired) electrons. The molecule has 1 aliphatic heterocycles. The number of amides is 1. The van der Waals surface area contributed by atoms with E-state index >= 15 is 0 Å². The molecule has 1 aromatic carbocycles. The topological polar surface area (TPSA) is 208 Å². The lowest BCUT2D eigenvalue weighted by Gasteiger charge is -2.61. The number of hydrogen-bond donors (Lipinski definition) is 1. The van der Waals surface area contributed by atoms with Gasteiger partial charge in [-0.25, -0.2) is 4.63 Å². The Kier molecular flexibility index (Phi) is 12.9. The van der Waals surface area contributed by atoms with Crippen molar-refractivity contribution in [3.8, 4) is 0 Å². The summed E-state index contributed by atoms with van der Waals surface area (Å²) < 4.78 is 21.2. The van der Waals surface area contributed by atoms with Crippen LogP contribution in [0.4, 0.5) is 11.4 Å². The lowest BCUT2D eigenvalue weighted by Crippen LogP contribution is -2.56. The fraction of sp³-hybridized carbons (Fsp3) is 0.805. The molecule has 1 N–H and O–H groups in total. The minimum absolute atomic E-state index is 0.0259. The summed E-state index contributed by atoms with van der Waals surface area (Å²) in [6.07, 6.45) is 13.5. The zero-order valence-electron chi connectivity index (χ0n) is 33.8. The molecule has 4 saturated carbocycles. The average molecular weight is 793 g/mol. The summed E-state index contributed by atoms with van der Waals surface area (Å²) in [5.74, 6) is 3.72. The number of carbonyl (C=O) groups excluding carboxylic acids is 2. The number of rotatable bonds is 17. The number of fused-ring (bicyclic) bond motifs is 6. The first-order valence-corrected chi connectivity index (χ1v) is 21.3. The molecule has 2 aromatic rings. The molecule has 57 heavy (non-hydrogen) atoms. The molecule has 16 nitrogen and oxygen atoms in total. The average Bonchev–Trinajstić information content (AvgIpc) is 3.97. The lowest BCUT2D eigenvalue weighted by molar-refractivity contribution is -0.383. The Labute approximate surface area is 334 Å². The van der Waals surface area contributed by atoms with E-state index < -0.39 is 4.92 Å². The molecule has 2 heterocycles. The van der Waals surface area contributed by atoms with Crippen LogP contribution in [0.15, 0.2) is 21.9 Å². The van der Waals surface area contributed by atoms with Gasteiger partial charge in [0.15, 0.2) is 5.52 Å². The quantitative estimate of drug-likeness (QED) is 0.0315. The first kappa shape index (κ1) is 41.2. The van der Waals surface area contributed by atoms with Crippen LogP contribution in [0.3, 0.4) is 0 Å². The van der Waals surface area contributed by atoms with Crippen LogP contribution in [-0.4, -0.2) is 85.3 Å². The number of nitro groups is 1. The third kappa shape index (κ3) is 8.45. The van der Waals surface area contributed by atoms with Crippen LogP contribution in [-0.2, 0) is 23.8 Å². The van der Waals surface area contributed by atoms with Gasteiger partial charge in [-0.2, -0.15) is 0 Å². The van der Waals surface area contributed by atoms with Crippen LogP contribution in [0.2, 0.25) is 0 Å². The lowest BCUT2D eigenvalue weighted by atomic mass is 9.44. The van der Waals surface area contributed by atoms with Crippen LogP contribution < -0.4 is 10.2 Å². The minimum Gasteiger partial charge on any atom is -0.463 e. The van der Waals surface area contributed by atoms with Crippen molar-refractivity contribution in [3.63, 3.8) is 0 Å². The van der Waals surface area contributed by atoms with Gasteiger partial charge < -0.3 is 24.4 Å². The van der Waals surface area contributed by atoms with Crippen LogP contribution in [0.1, 0.15) is 104 Å². The van der Waals surface area contributed by atoms with E-state index in [1.165, 1.54) is 44.6 Å². The van der Waals surface area contributed by atoms with Gasteiger partial charge in [0, 0.05) is 36.5 Å². The van der Waals surface area contributed by atoms with Crippen LogP contribution >= 0.6 is 0 Å². The van der Waals surface area contributed by atoms with E-state index in [0.717, 1.165) is 43.9 Å². The zero-order valence-corrected chi connectivity index (χ0v) is 33.8. The number of non-ortho nitro benzene ring substituents is 1. The van der Waals surface area contributed by atoms with E-state index in [-0.39, 0.29) is 47.2 Å². The van der Waals surface area contributed by atoms with Crippen molar-refractivity contribution in [1.82, 2.24) is 15.6 Å². The monoisotopic (exact) mass is 792 g/mol. The summed E-state index contributed by atoms with van der Waals surface area (Å²) in [6, 6.07) is 2.87.